The van der Waals surface area contributed by atoms with Crippen molar-refractivity contribution in [3.05, 3.63) is 0 Å². The molecule has 1 aliphatic rings. The van der Waals surface area contributed by atoms with Crippen LogP contribution >= 0.6 is 0 Å². The molecule has 0 amide bonds. The summed E-state index contributed by atoms with van der Waals surface area (Å²) in [6.07, 6.45) is 1.10. The monoisotopic (exact) mass is 158 g/mol. The van der Waals surface area contributed by atoms with Crippen molar-refractivity contribution in [1.29, 1.82) is 0 Å². The Hall–Kier alpha value is -0.120. The first-order chi connectivity index (χ1) is 5.25. The predicted octanol–water partition coefficient (Wildman–Crippen LogP) is -0.482. The number of piperidine rings is 1. The first kappa shape index (κ1) is 8.97. The third kappa shape index (κ3) is 2.15. The van der Waals surface area contributed by atoms with E-state index in [1.165, 1.54) is 0 Å². The normalized spacial score (nSPS) is 32.7. The van der Waals surface area contributed by atoms with Gasteiger partial charge in [-0.1, -0.05) is 0 Å². The molecule has 66 valence electrons. The van der Waals surface area contributed by atoms with Crippen LogP contribution in [0.4, 0.5) is 0 Å². The summed E-state index contributed by atoms with van der Waals surface area (Å²) in [7, 11) is 4.14. The summed E-state index contributed by atoms with van der Waals surface area (Å²) in [6, 6.07) is 0.508. The number of nitrogens with one attached hydrogen (secondary N) is 1. The van der Waals surface area contributed by atoms with Gasteiger partial charge in [-0.15, -0.1) is 0 Å². The van der Waals surface area contributed by atoms with Crippen molar-refractivity contribution in [2.45, 2.75) is 12.5 Å². The number of hydrogen-bond acceptors (Lipinski definition) is 3. The zero-order valence-corrected chi connectivity index (χ0v) is 7.38. The fourth-order valence-corrected chi connectivity index (χ4v) is 1.71. The van der Waals surface area contributed by atoms with Gasteiger partial charge in [0.25, 0.3) is 0 Å². The van der Waals surface area contributed by atoms with E-state index in [9.17, 15) is 0 Å². The Morgan fingerprint density at radius 3 is 2.73 bits per heavy atom. The smallest absolute Gasteiger partial charge is 0.0475 e. The molecule has 1 saturated heterocycles. The van der Waals surface area contributed by atoms with Crippen molar-refractivity contribution in [3.8, 4) is 0 Å². The highest BCUT2D eigenvalue weighted by Crippen LogP contribution is 2.14. The third-order valence-corrected chi connectivity index (χ3v) is 2.49. The highest BCUT2D eigenvalue weighted by Gasteiger charge is 2.25. The first-order valence-electron chi connectivity index (χ1n) is 4.23. The van der Waals surface area contributed by atoms with E-state index in [-0.39, 0.29) is 0 Å². The van der Waals surface area contributed by atoms with Gasteiger partial charge >= 0.3 is 0 Å². The molecule has 0 bridgehead atoms. The molecule has 0 aromatic heterocycles. The fourth-order valence-electron chi connectivity index (χ4n) is 1.71. The van der Waals surface area contributed by atoms with Crippen LogP contribution in [0.2, 0.25) is 0 Å². The van der Waals surface area contributed by atoms with Crippen LogP contribution in [-0.4, -0.2) is 49.8 Å². The van der Waals surface area contributed by atoms with Crippen LogP contribution in [0.5, 0.6) is 0 Å². The lowest BCUT2D eigenvalue weighted by Crippen LogP contribution is -2.49. The molecule has 0 aliphatic carbocycles. The topological polar surface area (TPSA) is 35.5 Å². The van der Waals surface area contributed by atoms with Crippen LogP contribution in [0.1, 0.15) is 6.42 Å². The van der Waals surface area contributed by atoms with Gasteiger partial charge in [0, 0.05) is 19.2 Å². The standard InChI is InChI=1S/C8H18N2O/c1-10(2)8-5-9-4-3-7(8)6-11/h7-9,11H,3-6H2,1-2H3. The number of hydrogen-bond donors (Lipinski definition) is 2. The molecular formula is C8H18N2O. The van der Waals surface area contributed by atoms with E-state index >= 15 is 0 Å². The van der Waals surface area contributed by atoms with Crippen molar-refractivity contribution in [2.24, 2.45) is 5.92 Å². The maximum Gasteiger partial charge on any atom is 0.0475 e. The molecule has 0 aromatic rings. The molecule has 1 heterocycles. The molecule has 1 fully saturated rings. The summed E-state index contributed by atoms with van der Waals surface area (Å²) < 4.78 is 0. The molecule has 3 heteroatoms. The largest absolute Gasteiger partial charge is 0.396 e. The summed E-state index contributed by atoms with van der Waals surface area (Å²) in [5.41, 5.74) is 0. The Kier molecular flexibility index (Phi) is 3.30. The molecule has 0 spiro atoms. The molecule has 0 aromatic carbocycles. The van der Waals surface area contributed by atoms with Crippen LogP contribution in [0.15, 0.2) is 0 Å². The number of aliphatic hydroxyl groups excluding tert-OH is 1. The van der Waals surface area contributed by atoms with Gasteiger partial charge in [-0.3, -0.25) is 0 Å². The average molecular weight is 158 g/mol. The molecule has 1 aliphatic heterocycles. The fraction of sp³-hybridized carbons (Fsp3) is 1.00. The summed E-state index contributed by atoms with van der Waals surface area (Å²) >= 11 is 0. The number of nitrogens with zero attached hydrogens (tertiary/aromatic N) is 1. The lowest BCUT2D eigenvalue weighted by atomic mass is 9.93. The van der Waals surface area contributed by atoms with Gasteiger partial charge in [0.05, 0.1) is 0 Å². The van der Waals surface area contributed by atoms with E-state index in [4.69, 9.17) is 5.11 Å². The number of likely N-dealkylation sites (N-methyl/N-ethyl adjacent to an activating group) is 1. The highest BCUT2D eigenvalue weighted by atomic mass is 16.3. The van der Waals surface area contributed by atoms with E-state index < -0.39 is 0 Å². The van der Waals surface area contributed by atoms with Gasteiger partial charge in [0.2, 0.25) is 0 Å². The van der Waals surface area contributed by atoms with E-state index in [1.807, 2.05) is 0 Å². The second-order valence-corrected chi connectivity index (χ2v) is 3.47. The summed E-state index contributed by atoms with van der Waals surface area (Å²) in [5, 5.41) is 12.4. The summed E-state index contributed by atoms with van der Waals surface area (Å²) in [6.45, 7) is 2.39. The second kappa shape index (κ2) is 4.04. The van der Waals surface area contributed by atoms with Gasteiger partial charge in [-0.05, 0) is 33.0 Å². The Balaban J connectivity index is 2.44. The van der Waals surface area contributed by atoms with Crippen molar-refractivity contribution < 1.29 is 5.11 Å². The number of rotatable bonds is 2. The minimum Gasteiger partial charge on any atom is -0.396 e. The van der Waals surface area contributed by atoms with Crippen LogP contribution in [-0.2, 0) is 0 Å². The van der Waals surface area contributed by atoms with Gasteiger partial charge in [-0.2, -0.15) is 0 Å². The molecule has 0 radical (unpaired) electrons. The maximum absolute atomic E-state index is 9.06. The van der Waals surface area contributed by atoms with Gasteiger partial charge < -0.3 is 15.3 Å². The molecule has 2 N–H and O–H groups in total. The average Bonchev–Trinajstić information content (AvgIpc) is 2.04. The minimum absolute atomic E-state index is 0.324. The SMILES string of the molecule is CN(C)C1CNCCC1CO. The van der Waals surface area contributed by atoms with Crippen LogP contribution in [0, 0.1) is 5.92 Å². The van der Waals surface area contributed by atoms with Crippen molar-refractivity contribution in [3.63, 3.8) is 0 Å². The van der Waals surface area contributed by atoms with Gasteiger partial charge in [-0.25, -0.2) is 0 Å². The summed E-state index contributed by atoms with van der Waals surface area (Å²) in [5.74, 6) is 0.464. The van der Waals surface area contributed by atoms with Crippen molar-refractivity contribution in [1.82, 2.24) is 10.2 Å². The molecule has 1 rings (SSSR count). The van der Waals surface area contributed by atoms with Gasteiger partial charge in [0.1, 0.15) is 0 Å². The maximum atomic E-state index is 9.06. The molecular weight excluding hydrogens is 140 g/mol. The summed E-state index contributed by atoms with van der Waals surface area (Å²) in [4.78, 5) is 2.19. The van der Waals surface area contributed by atoms with Crippen molar-refractivity contribution in [2.75, 3.05) is 33.8 Å². The molecule has 0 saturated carbocycles. The highest BCUT2D eigenvalue weighted by molar-refractivity contribution is 4.82. The van der Waals surface area contributed by atoms with Crippen LogP contribution in [0.25, 0.3) is 0 Å². The Bertz CT molecular complexity index is 117. The third-order valence-electron chi connectivity index (χ3n) is 2.49. The van der Waals surface area contributed by atoms with E-state index in [2.05, 4.69) is 24.3 Å². The molecule has 11 heavy (non-hydrogen) atoms. The minimum atomic E-state index is 0.324. The Labute approximate surface area is 68.4 Å². The van der Waals surface area contributed by atoms with Gasteiger partial charge in [0.15, 0.2) is 0 Å². The zero-order valence-electron chi connectivity index (χ0n) is 7.38. The Morgan fingerprint density at radius 1 is 1.55 bits per heavy atom. The first-order valence-corrected chi connectivity index (χ1v) is 4.23. The van der Waals surface area contributed by atoms with Crippen molar-refractivity contribution >= 4 is 0 Å². The zero-order chi connectivity index (χ0) is 8.27. The van der Waals surface area contributed by atoms with E-state index in [0.29, 0.717) is 18.6 Å². The molecule has 3 nitrogen and oxygen atoms in total. The number of aliphatic hydroxyl groups is 1. The lowest BCUT2D eigenvalue weighted by Gasteiger charge is -2.35. The molecule has 2 atom stereocenters. The van der Waals surface area contributed by atoms with Crippen LogP contribution in [0.3, 0.4) is 0 Å². The molecule has 2 unspecified atom stereocenters. The quantitative estimate of drug-likeness (QED) is 0.570. The second-order valence-electron chi connectivity index (χ2n) is 3.47. The predicted molar refractivity (Wildman–Crippen MR) is 45.5 cm³/mol. The van der Waals surface area contributed by atoms with Crippen LogP contribution < -0.4 is 5.32 Å². The lowest BCUT2D eigenvalue weighted by molar-refractivity contribution is 0.107. The van der Waals surface area contributed by atoms with E-state index in [1.54, 1.807) is 0 Å². The Morgan fingerprint density at radius 2 is 2.27 bits per heavy atom. The van der Waals surface area contributed by atoms with E-state index in [0.717, 1.165) is 19.5 Å².